The molecule has 9 saturated carbocycles. The number of esters is 8. The first-order chi connectivity index (χ1) is 60.3. The van der Waals surface area contributed by atoms with E-state index in [1.165, 1.54) is 212 Å². The van der Waals surface area contributed by atoms with E-state index in [1.54, 1.807) is 0 Å². The smallest absolute Gasteiger partial charge is 0.312 e. The van der Waals surface area contributed by atoms with Gasteiger partial charge in [0.1, 0.15) is 44.8 Å². The number of hydrogen-bond acceptors (Lipinski definition) is 16. The van der Waals surface area contributed by atoms with Crippen molar-refractivity contribution < 1.29 is 76.3 Å². The largest absolute Gasteiger partial charge is 0.459 e. The van der Waals surface area contributed by atoms with Gasteiger partial charge in [-0.05, 0) is 350 Å². The maximum atomic E-state index is 12.3. The standard InChI is InChI=1S/C19H34O2.C16H30O2.2C14H26O2.C13H24O2.3C12H22O2/c1-4-6-12-19(21-18(20)15(3)5-2)13-11-16-9-7-8-10-17(16)14-19;1-5-13(2)15(17)18-16(3,4)14-11-9-7-6-8-10-12-14;1-5-13(3,4)12(15)16-14(6-2)10-8-7-9-11-14;1-4-12(2)13(15)16-14(3)10-8-6-5-7-9-11-14;1-4-11(2)12(14)15-13(3)9-7-5-6-8-10-13;1-5-11(2,3)10(13)14-12(4)8-6-7-9-12;1-4-10(2)11(13)14-12(3)8-6-5-7-9-12;1-4-10(3)11(13)14-12(5-2)8-6-7-9-12/h15-17H,4-14H2,1-3H3;13-14H,5-12H2,1-4H3;5-11H2,1-4H3;12H,4-11H2,1-3H3;11H,4-10H2,1-3H3;5-9H2,1-4H3;2*10H,4-9H2,1-3H3. The van der Waals surface area contributed by atoms with Crippen molar-refractivity contribution in [2.45, 2.75) is 604 Å². The summed E-state index contributed by atoms with van der Waals surface area (Å²) in [6.07, 6.45) is 66.4. The fourth-order valence-corrected chi connectivity index (χ4v) is 19.3. The average Bonchev–Trinajstić information content (AvgIpc) is 1.00. The molecule has 0 aromatic heterocycles. The fourth-order valence-electron chi connectivity index (χ4n) is 19.3. The summed E-state index contributed by atoms with van der Waals surface area (Å²) >= 11 is 0. The van der Waals surface area contributed by atoms with E-state index in [2.05, 4.69) is 69.2 Å². The lowest BCUT2D eigenvalue weighted by Gasteiger charge is -2.46. The SMILES string of the molecule is CCC(C)(C)C(=O)OC1(C)CCCC1.CCC(C)C(=O)OC(C)(C)C1CCCCCCC1.CCC(C)C(=O)OC1(C)CCCCC1.CCC(C)C(=O)OC1(C)CCCCCC1.CCC(C)C(=O)OC1(C)CCCCCCC1.CCC(C)C(=O)OC1(CC)CCCC1.CCC1(OC(=O)C(C)(C)CC)CCCCC1.CCCCC1(OC(=O)C(C)CC)CCC2CCCCC2C1. The molecule has 16 heteroatoms. The second-order valence-electron chi connectivity index (χ2n) is 44.7. The molecule has 750 valence electrons. The average molecular weight is 1810 g/mol. The quantitative estimate of drug-likeness (QED) is 0.0372. The summed E-state index contributed by atoms with van der Waals surface area (Å²) in [6.45, 7) is 54.9. The molecule has 128 heavy (non-hydrogen) atoms. The molecule has 0 heterocycles. The fraction of sp³-hybridized carbons (Fsp3) is 0.929. The van der Waals surface area contributed by atoms with Crippen LogP contribution in [0, 0.1) is 64.1 Å². The predicted octanol–water partition coefficient (Wildman–Crippen LogP) is 32.0. The Hall–Kier alpha value is -4.24. The molecule has 0 radical (unpaired) electrons. The molecular formula is C112H206O16. The molecule has 0 spiro atoms. The molecule has 0 aromatic carbocycles. The number of unbranched alkanes of at least 4 members (excludes halogenated alkanes) is 1. The zero-order valence-corrected chi connectivity index (χ0v) is 88.7. The third-order valence-corrected chi connectivity index (χ3v) is 32.1. The maximum Gasteiger partial charge on any atom is 0.312 e. The van der Waals surface area contributed by atoms with Crippen molar-refractivity contribution in [2.75, 3.05) is 0 Å². The molecule has 9 unspecified atom stereocenters. The van der Waals surface area contributed by atoms with Gasteiger partial charge in [0.2, 0.25) is 0 Å². The van der Waals surface area contributed by atoms with Crippen molar-refractivity contribution in [1.29, 1.82) is 0 Å². The lowest BCUT2D eigenvalue weighted by Crippen LogP contribution is -2.44. The van der Waals surface area contributed by atoms with E-state index >= 15 is 0 Å². The summed E-state index contributed by atoms with van der Waals surface area (Å²) in [4.78, 5) is 95.1. The molecule has 0 amide bonds. The third-order valence-electron chi connectivity index (χ3n) is 32.1. The van der Waals surface area contributed by atoms with Gasteiger partial charge in [0, 0.05) is 0 Å². The van der Waals surface area contributed by atoms with Crippen LogP contribution in [0.5, 0.6) is 0 Å². The van der Waals surface area contributed by atoms with Gasteiger partial charge < -0.3 is 37.9 Å². The van der Waals surface area contributed by atoms with Crippen LogP contribution >= 0.6 is 0 Å². The van der Waals surface area contributed by atoms with Gasteiger partial charge >= 0.3 is 47.8 Å². The van der Waals surface area contributed by atoms with Crippen LogP contribution in [0.25, 0.3) is 0 Å². The second kappa shape index (κ2) is 61.0. The topological polar surface area (TPSA) is 210 Å². The van der Waals surface area contributed by atoms with Crippen molar-refractivity contribution in [1.82, 2.24) is 0 Å². The Morgan fingerprint density at radius 2 is 0.539 bits per heavy atom. The maximum absolute atomic E-state index is 12.3. The Bertz CT molecular complexity index is 3040. The monoisotopic (exact) mass is 1810 g/mol. The molecular weight excluding hydrogens is 1600 g/mol. The Morgan fingerprint density at radius 3 is 0.875 bits per heavy atom. The van der Waals surface area contributed by atoms with Crippen LogP contribution in [0.4, 0.5) is 0 Å². The first-order valence-electron chi connectivity index (χ1n) is 54.1. The molecule has 0 aliphatic heterocycles. The van der Waals surface area contributed by atoms with Crippen LogP contribution < -0.4 is 0 Å². The third kappa shape index (κ3) is 44.5. The van der Waals surface area contributed by atoms with E-state index in [0.717, 1.165) is 172 Å². The summed E-state index contributed by atoms with van der Waals surface area (Å²) in [7, 11) is 0. The van der Waals surface area contributed by atoms with Crippen molar-refractivity contribution in [3.05, 3.63) is 0 Å². The molecule has 0 aromatic rings. The minimum absolute atomic E-state index is 0.00347. The lowest BCUT2D eigenvalue weighted by molar-refractivity contribution is -0.175. The van der Waals surface area contributed by atoms with Crippen LogP contribution in [0.2, 0.25) is 0 Å². The summed E-state index contributed by atoms with van der Waals surface area (Å²) in [5.41, 5.74) is -2.07. The molecule has 9 fully saturated rings. The van der Waals surface area contributed by atoms with Crippen molar-refractivity contribution in [2.24, 2.45) is 64.1 Å². The summed E-state index contributed by atoms with van der Waals surface area (Å²) in [5.74, 6) is 2.46. The van der Waals surface area contributed by atoms with E-state index in [1.807, 2.05) is 118 Å². The highest BCUT2D eigenvalue weighted by molar-refractivity contribution is 5.77. The van der Waals surface area contributed by atoms with Crippen molar-refractivity contribution in [3.8, 4) is 0 Å². The molecule has 16 nitrogen and oxygen atoms in total. The van der Waals surface area contributed by atoms with Crippen LogP contribution in [-0.4, -0.2) is 92.6 Å². The molecule has 0 N–H and O–H groups in total. The Balaban J connectivity index is 0.000000497. The zero-order valence-electron chi connectivity index (χ0n) is 88.7. The van der Waals surface area contributed by atoms with Crippen LogP contribution in [0.3, 0.4) is 0 Å². The minimum atomic E-state index is -0.334. The van der Waals surface area contributed by atoms with Gasteiger partial charge in [-0.2, -0.15) is 0 Å². The molecule has 9 rings (SSSR count). The molecule has 9 aliphatic rings. The summed E-state index contributed by atoms with van der Waals surface area (Å²) < 4.78 is 46.0. The van der Waals surface area contributed by atoms with E-state index in [4.69, 9.17) is 37.9 Å². The Labute approximate surface area is 787 Å². The van der Waals surface area contributed by atoms with Gasteiger partial charge in [0.05, 0.1) is 46.3 Å². The zero-order chi connectivity index (χ0) is 96.5. The highest BCUT2D eigenvalue weighted by atomic mass is 16.6. The number of ether oxygens (including phenoxy) is 8. The minimum Gasteiger partial charge on any atom is -0.459 e. The van der Waals surface area contributed by atoms with Crippen molar-refractivity contribution in [3.63, 3.8) is 0 Å². The highest BCUT2D eigenvalue weighted by Gasteiger charge is 2.46. The first kappa shape index (κ1) is 120. The van der Waals surface area contributed by atoms with Crippen molar-refractivity contribution >= 4 is 47.8 Å². The molecule has 0 bridgehead atoms. The summed E-state index contributed by atoms with van der Waals surface area (Å²) in [6, 6.07) is 0. The molecule has 9 aliphatic carbocycles. The number of carbonyl (C=O) groups is 8. The first-order valence-corrected chi connectivity index (χ1v) is 54.1. The number of hydrogen-bond donors (Lipinski definition) is 0. The van der Waals surface area contributed by atoms with E-state index in [0.29, 0.717) is 5.92 Å². The Kier molecular flexibility index (Phi) is 57.1. The van der Waals surface area contributed by atoms with Crippen LogP contribution in [0.15, 0.2) is 0 Å². The molecule has 9 atom stereocenters. The van der Waals surface area contributed by atoms with Crippen LogP contribution in [0.1, 0.15) is 559 Å². The Morgan fingerprint density at radius 1 is 0.281 bits per heavy atom. The number of rotatable bonds is 30. The van der Waals surface area contributed by atoms with E-state index in [-0.39, 0.29) is 139 Å². The van der Waals surface area contributed by atoms with Crippen LogP contribution in [-0.2, 0) is 76.3 Å². The normalized spacial score (nSPS) is 23.8. The lowest BCUT2D eigenvalue weighted by atomic mass is 9.64. The molecule has 0 saturated heterocycles. The number of fused-ring (bicyclic) bond motifs is 1. The van der Waals surface area contributed by atoms with E-state index < -0.39 is 0 Å². The number of carbonyl (C=O) groups excluding carboxylic acids is 8. The summed E-state index contributed by atoms with van der Waals surface area (Å²) in [5, 5.41) is 0. The van der Waals surface area contributed by atoms with Gasteiger partial charge in [-0.3, -0.25) is 38.4 Å². The van der Waals surface area contributed by atoms with Gasteiger partial charge in [-0.15, -0.1) is 0 Å². The van der Waals surface area contributed by atoms with Gasteiger partial charge in [0.15, 0.2) is 0 Å². The highest BCUT2D eigenvalue weighted by Crippen LogP contribution is 2.49. The second-order valence-corrected chi connectivity index (χ2v) is 44.7. The van der Waals surface area contributed by atoms with Gasteiger partial charge in [0.25, 0.3) is 0 Å². The van der Waals surface area contributed by atoms with E-state index in [9.17, 15) is 38.4 Å². The van der Waals surface area contributed by atoms with Gasteiger partial charge in [-0.1, -0.05) is 227 Å². The van der Waals surface area contributed by atoms with Gasteiger partial charge in [-0.25, -0.2) is 0 Å². The predicted molar refractivity (Wildman–Crippen MR) is 528 cm³/mol.